The van der Waals surface area contributed by atoms with Crippen LogP contribution in [0, 0.1) is 5.92 Å². The van der Waals surface area contributed by atoms with Crippen molar-refractivity contribution in [3.05, 3.63) is 52.5 Å². The van der Waals surface area contributed by atoms with Crippen molar-refractivity contribution < 1.29 is 17.9 Å². The fourth-order valence-corrected chi connectivity index (χ4v) is 6.15. The maximum atomic E-state index is 12.8. The van der Waals surface area contributed by atoms with E-state index < -0.39 is 10.0 Å². The maximum Gasteiger partial charge on any atom is 0.265 e. The molecule has 2 aliphatic rings. The standard InChI is InChI=1S/C23H27BrN2O4S/c1-16-9-11-25(12-10-16)31(28,29)21-6-4-20(5-7-21)30-15-23(27)26-17(2)13-18-14-19(24)3-8-22(18)26/h3-8,14,16-17H,9-13,15H2,1-2H3/t17-/m0/s1. The van der Waals surface area contributed by atoms with Crippen LogP contribution in [0.3, 0.4) is 0 Å². The molecule has 6 nitrogen and oxygen atoms in total. The van der Waals surface area contributed by atoms with Crippen molar-refractivity contribution in [1.82, 2.24) is 4.31 Å². The first kappa shape index (κ1) is 22.3. The molecule has 0 bridgehead atoms. The average Bonchev–Trinajstić information content (AvgIpc) is 3.07. The molecule has 166 valence electrons. The lowest BCUT2D eigenvalue weighted by Crippen LogP contribution is -2.39. The minimum Gasteiger partial charge on any atom is -0.484 e. The smallest absolute Gasteiger partial charge is 0.265 e. The van der Waals surface area contributed by atoms with E-state index in [1.807, 2.05) is 25.1 Å². The average molecular weight is 507 g/mol. The summed E-state index contributed by atoms with van der Waals surface area (Å²) in [6, 6.07) is 12.3. The first-order valence-electron chi connectivity index (χ1n) is 10.6. The third-order valence-corrected chi connectivity index (χ3v) is 8.50. The fourth-order valence-electron chi connectivity index (χ4n) is 4.28. The molecule has 1 fully saturated rings. The highest BCUT2D eigenvalue weighted by molar-refractivity contribution is 9.10. The molecule has 8 heteroatoms. The lowest BCUT2D eigenvalue weighted by Gasteiger charge is -2.29. The minimum atomic E-state index is -3.49. The molecule has 1 saturated heterocycles. The van der Waals surface area contributed by atoms with Crippen LogP contribution in [0.1, 0.15) is 32.3 Å². The molecule has 1 amide bonds. The van der Waals surface area contributed by atoms with E-state index in [2.05, 4.69) is 22.9 Å². The first-order valence-corrected chi connectivity index (χ1v) is 12.8. The van der Waals surface area contributed by atoms with Gasteiger partial charge in [-0.25, -0.2) is 8.42 Å². The zero-order valence-corrected chi connectivity index (χ0v) is 20.2. The molecule has 0 radical (unpaired) electrons. The summed E-state index contributed by atoms with van der Waals surface area (Å²) in [7, 11) is -3.49. The van der Waals surface area contributed by atoms with E-state index in [9.17, 15) is 13.2 Å². The van der Waals surface area contributed by atoms with Gasteiger partial charge in [0, 0.05) is 29.3 Å². The van der Waals surface area contributed by atoms with Gasteiger partial charge in [0.1, 0.15) is 5.75 Å². The molecule has 2 aliphatic heterocycles. The van der Waals surface area contributed by atoms with Crippen LogP contribution in [0.25, 0.3) is 0 Å². The first-order chi connectivity index (χ1) is 14.8. The van der Waals surface area contributed by atoms with E-state index in [1.54, 1.807) is 33.5 Å². The normalized spacial score (nSPS) is 20.0. The topological polar surface area (TPSA) is 66.9 Å². The van der Waals surface area contributed by atoms with E-state index in [-0.39, 0.29) is 23.5 Å². The Hall–Kier alpha value is -1.90. The predicted molar refractivity (Wildman–Crippen MR) is 124 cm³/mol. The van der Waals surface area contributed by atoms with Gasteiger partial charge >= 0.3 is 0 Å². The monoisotopic (exact) mass is 506 g/mol. The van der Waals surface area contributed by atoms with Gasteiger partial charge < -0.3 is 9.64 Å². The third kappa shape index (κ3) is 4.66. The molecule has 31 heavy (non-hydrogen) atoms. The summed E-state index contributed by atoms with van der Waals surface area (Å²) in [4.78, 5) is 14.9. The number of fused-ring (bicyclic) bond motifs is 1. The Kier molecular flexibility index (Phi) is 6.42. The van der Waals surface area contributed by atoms with Crippen molar-refractivity contribution >= 4 is 37.5 Å². The molecular weight excluding hydrogens is 480 g/mol. The fraction of sp³-hybridized carbons (Fsp3) is 0.435. The van der Waals surface area contributed by atoms with E-state index in [1.165, 1.54) is 0 Å². The Morgan fingerprint density at radius 3 is 2.45 bits per heavy atom. The number of anilines is 1. The van der Waals surface area contributed by atoms with Crippen LogP contribution in [0.2, 0.25) is 0 Å². The molecule has 2 aromatic carbocycles. The van der Waals surface area contributed by atoms with Gasteiger partial charge in [-0.2, -0.15) is 4.31 Å². The summed E-state index contributed by atoms with van der Waals surface area (Å²) < 4.78 is 33.9. The van der Waals surface area contributed by atoms with Crippen molar-refractivity contribution in [1.29, 1.82) is 0 Å². The Bertz CT molecular complexity index is 1060. The molecular formula is C23H27BrN2O4S. The van der Waals surface area contributed by atoms with Gasteiger partial charge in [-0.15, -0.1) is 0 Å². The summed E-state index contributed by atoms with van der Waals surface area (Å²) >= 11 is 3.48. The van der Waals surface area contributed by atoms with Gasteiger partial charge in [0.05, 0.1) is 4.90 Å². The number of carbonyl (C=O) groups is 1. The van der Waals surface area contributed by atoms with Gasteiger partial charge in [-0.05, 0) is 80.1 Å². The quantitative estimate of drug-likeness (QED) is 0.608. The van der Waals surface area contributed by atoms with Crippen LogP contribution >= 0.6 is 15.9 Å². The molecule has 0 spiro atoms. The second-order valence-electron chi connectivity index (χ2n) is 8.44. The number of rotatable bonds is 5. The summed E-state index contributed by atoms with van der Waals surface area (Å²) in [6.07, 6.45) is 2.58. The highest BCUT2D eigenvalue weighted by Crippen LogP contribution is 2.34. The largest absolute Gasteiger partial charge is 0.484 e. The molecule has 0 aromatic heterocycles. The number of hydrogen-bond acceptors (Lipinski definition) is 4. The Morgan fingerprint density at radius 1 is 1.10 bits per heavy atom. The lowest BCUT2D eigenvalue weighted by atomic mass is 10.0. The Balaban J connectivity index is 1.39. The minimum absolute atomic E-state index is 0.0696. The molecule has 2 heterocycles. The van der Waals surface area contributed by atoms with Gasteiger partial charge in [-0.1, -0.05) is 22.9 Å². The number of nitrogens with zero attached hydrogens (tertiary/aromatic N) is 2. The van der Waals surface area contributed by atoms with Crippen LogP contribution in [-0.2, 0) is 21.2 Å². The van der Waals surface area contributed by atoms with Crippen LogP contribution in [0.15, 0.2) is 51.8 Å². The predicted octanol–water partition coefficient (Wildman–Crippen LogP) is 4.23. The number of carbonyl (C=O) groups excluding carboxylic acids is 1. The summed E-state index contributed by atoms with van der Waals surface area (Å²) in [5, 5.41) is 0. The number of halogens is 1. The van der Waals surface area contributed by atoms with E-state index >= 15 is 0 Å². The molecule has 0 aliphatic carbocycles. The van der Waals surface area contributed by atoms with E-state index in [0.717, 1.165) is 35.0 Å². The third-order valence-electron chi connectivity index (χ3n) is 6.09. The summed E-state index contributed by atoms with van der Waals surface area (Å²) in [6.45, 7) is 5.19. The lowest BCUT2D eigenvalue weighted by molar-refractivity contribution is -0.120. The Morgan fingerprint density at radius 2 is 1.77 bits per heavy atom. The van der Waals surface area contributed by atoms with Gasteiger partial charge in [0.25, 0.3) is 5.91 Å². The Labute approximate surface area is 192 Å². The van der Waals surface area contributed by atoms with E-state index in [0.29, 0.717) is 24.8 Å². The number of piperidine rings is 1. The van der Waals surface area contributed by atoms with Crippen molar-refractivity contribution in [3.63, 3.8) is 0 Å². The maximum absolute atomic E-state index is 12.8. The van der Waals surface area contributed by atoms with E-state index in [4.69, 9.17) is 4.74 Å². The van der Waals surface area contributed by atoms with Crippen LogP contribution < -0.4 is 9.64 Å². The molecule has 0 unspecified atom stereocenters. The van der Waals surface area contributed by atoms with Crippen molar-refractivity contribution in [2.75, 3.05) is 24.6 Å². The molecule has 4 rings (SSSR count). The number of hydrogen-bond donors (Lipinski definition) is 0. The van der Waals surface area contributed by atoms with Crippen molar-refractivity contribution in [3.8, 4) is 5.75 Å². The molecule has 2 aromatic rings. The molecule has 0 N–H and O–H groups in total. The van der Waals surface area contributed by atoms with Gasteiger partial charge in [-0.3, -0.25) is 4.79 Å². The van der Waals surface area contributed by atoms with Gasteiger partial charge in [0.2, 0.25) is 10.0 Å². The number of benzene rings is 2. The number of sulfonamides is 1. The van der Waals surface area contributed by atoms with Gasteiger partial charge in [0.15, 0.2) is 6.61 Å². The molecule has 1 atom stereocenters. The highest BCUT2D eigenvalue weighted by Gasteiger charge is 2.31. The zero-order chi connectivity index (χ0) is 22.2. The summed E-state index contributed by atoms with van der Waals surface area (Å²) in [5.74, 6) is 0.918. The van der Waals surface area contributed by atoms with Crippen LogP contribution in [-0.4, -0.2) is 44.4 Å². The number of amides is 1. The second kappa shape index (κ2) is 8.92. The van der Waals surface area contributed by atoms with Crippen molar-refractivity contribution in [2.45, 2.75) is 44.0 Å². The highest BCUT2D eigenvalue weighted by atomic mass is 79.9. The van der Waals surface area contributed by atoms with Crippen molar-refractivity contribution in [2.24, 2.45) is 5.92 Å². The SMILES string of the molecule is CC1CCN(S(=O)(=O)c2ccc(OCC(=O)N3c4ccc(Br)cc4C[C@@H]3C)cc2)CC1. The zero-order valence-electron chi connectivity index (χ0n) is 17.8. The summed E-state index contributed by atoms with van der Waals surface area (Å²) in [5.41, 5.74) is 2.05. The molecule has 0 saturated carbocycles. The van der Waals surface area contributed by atoms with Crippen LogP contribution in [0.5, 0.6) is 5.75 Å². The second-order valence-corrected chi connectivity index (χ2v) is 11.3. The van der Waals surface area contributed by atoms with Crippen LogP contribution in [0.4, 0.5) is 5.69 Å². The number of ether oxygens (including phenoxy) is 1.